The fourth-order valence-corrected chi connectivity index (χ4v) is 13.0. The number of amides is 1. The molecule has 0 aliphatic carbocycles. The lowest BCUT2D eigenvalue weighted by atomic mass is 10.0. The standard InChI is InChI=1S/C83H159NO5/c1-3-5-7-9-11-13-15-17-19-20-44-48-51-55-59-63-67-71-75-81(86)80(79-85)84-82(87)76-72-68-64-60-56-52-49-45-42-40-38-36-34-32-30-28-26-24-22-21-23-25-27-29-31-33-35-37-39-41-43-46-50-54-58-62-66-70-74-78-89-83(88)77-73-69-65-61-57-53-47-18-16-14-12-10-8-6-4-2/h21-22,25,27,71,75,80-81,85-86H,3-20,23-24,26,28-70,72-74,76-79H2,1-2H3,(H,84,87)/b22-21-,27-25-,75-71+. The van der Waals surface area contributed by atoms with Crippen LogP contribution in [0.4, 0.5) is 0 Å². The van der Waals surface area contributed by atoms with Gasteiger partial charge in [-0.1, -0.05) is 416 Å². The number of aliphatic hydroxyl groups is 2. The molecule has 0 aromatic heterocycles. The molecule has 89 heavy (non-hydrogen) atoms. The highest BCUT2D eigenvalue weighted by Crippen LogP contribution is 2.20. The van der Waals surface area contributed by atoms with Crippen molar-refractivity contribution < 1.29 is 24.5 Å². The molecular formula is C83H159NO5. The van der Waals surface area contributed by atoms with E-state index in [1.54, 1.807) is 6.08 Å². The van der Waals surface area contributed by atoms with E-state index in [1.807, 2.05) is 6.08 Å². The van der Waals surface area contributed by atoms with Gasteiger partial charge in [-0.25, -0.2) is 0 Å². The van der Waals surface area contributed by atoms with E-state index >= 15 is 0 Å². The molecule has 0 spiro atoms. The van der Waals surface area contributed by atoms with E-state index in [0.29, 0.717) is 19.4 Å². The Hall–Kier alpha value is -1.92. The minimum absolute atomic E-state index is 0.0238. The molecule has 0 saturated heterocycles. The molecule has 0 aromatic carbocycles. The molecule has 3 N–H and O–H groups in total. The van der Waals surface area contributed by atoms with Crippen LogP contribution in [0.3, 0.4) is 0 Å². The Balaban J connectivity index is 3.36. The number of unbranched alkanes of at least 4 members (excludes halogenated alkanes) is 62. The van der Waals surface area contributed by atoms with Gasteiger partial charge in [-0.15, -0.1) is 0 Å². The van der Waals surface area contributed by atoms with Crippen molar-refractivity contribution in [3.05, 3.63) is 36.5 Å². The van der Waals surface area contributed by atoms with Gasteiger partial charge in [0.2, 0.25) is 5.91 Å². The maximum absolute atomic E-state index is 12.5. The zero-order valence-electron chi connectivity index (χ0n) is 60.4. The maximum atomic E-state index is 12.5. The average molecular weight is 1250 g/mol. The highest BCUT2D eigenvalue weighted by atomic mass is 16.5. The molecule has 0 saturated carbocycles. The molecule has 0 rings (SSSR count). The molecule has 0 aliphatic heterocycles. The first-order valence-electron chi connectivity index (χ1n) is 40.8. The van der Waals surface area contributed by atoms with Gasteiger partial charge in [0.05, 0.1) is 25.4 Å². The first kappa shape index (κ1) is 87.1. The van der Waals surface area contributed by atoms with Crippen LogP contribution in [0.2, 0.25) is 0 Å². The number of allylic oxidation sites excluding steroid dienone is 5. The molecule has 0 heterocycles. The van der Waals surface area contributed by atoms with E-state index in [2.05, 4.69) is 43.5 Å². The number of carbonyl (C=O) groups excluding carboxylic acids is 2. The van der Waals surface area contributed by atoms with Gasteiger partial charge >= 0.3 is 5.97 Å². The van der Waals surface area contributed by atoms with Gasteiger partial charge in [0.25, 0.3) is 0 Å². The van der Waals surface area contributed by atoms with Gasteiger partial charge in [-0.05, 0) is 64.2 Å². The van der Waals surface area contributed by atoms with Crippen LogP contribution in [0.1, 0.15) is 457 Å². The zero-order chi connectivity index (χ0) is 64.2. The van der Waals surface area contributed by atoms with Crippen molar-refractivity contribution in [3.8, 4) is 0 Å². The lowest BCUT2D eigenvalue weighted by molar-refractivity contribution is -0.143. The fourth-order valence-electron chi connectivity index (χ4n) is 13.0. The number of rotatable bonds is 77. The van der Waals surface area contributed by atoms with Crippen LogP contribution in [0.5, 0.6) is 0 Å². The topological polar surface area (TPSA) is 95.9 Å². The van der Waals surface area contributed by atoms with Crippen LogP contribution in [-0.4, -0.2) is 47.4 Å². The number of carbonyl (C=O) groups is 2. The maximum Gasteiger partial charge on any atom is 0.305 e. The predicted molar refractivity (Wildman–Crippen MR) is 393 cm³/mol. The lowest BCUT2D eigenvalue weighted by Crippen LogP contribution is -2.45. The summed E-state index contributed by atoms with van der Waals surface area (Å²) in [6.07, 6.45) is 103. The van der Waals surface area contributed by atoms with Crippen molar-refractivity contribution in [2.24, 2.45) is 0 Å². The summed E-state index contributed by atoms with van der Waals surface area (Å²) in [6, 6.07) is -0.626. The summed E-state index contributed by atoms with van der Waals surface area (Å²) in [7, 11) is 0. The monoisotopic (exact) mass is 1250 g/mol. The molecule has 2 unspecified atom stereocenters. The molecule has 2 atom stereocenters. The van der Waals surface area contributed by atoms with Crippen molar-refractivity contribution >= 4 is 11.9 Å². The number of nitrogens with one attached hydrogen (secondary N) is 1. The van der Waals surface area contributed by atoms with Crippen molar-refractivity contribution in [2.75, 3.05) is 13.2 Å². The predicted octanol–water partition coefficient (Wildman–Crippen LogP) is 27.0. The van der Waals surface area contributed by atoms with Gasteiger partial charge in [-0.3, -0.25) is 9.59 Å². The Morgan fingerprint density at radius 2 is 0.562 bits per heavy atom. The van der Waals surface area contributed by atoms with Crippen LogP contribution >= 0.6 is 0 Å². The largest absolute Gasteiger partial charge is 0.466 e. The average Bonchev–Trinajstić information content (AvgIpc) is 3.57. The molecular weight excluding hydrogens is 1090 g/mol. The van der Waals surface area contributed by atoms with E-state index < -0.39 is 12.1 Å². The van der Waals surface area contributed by atoms with Gasteiger partial charge in [0.15, 0.2) is 0 Å². The van der Waals surface area contributed by atoms with E-state index in [1.165, 1.54) is 385 Å². The highest BCUT2D eigenvalue weighted by Gasteiger charge is 2.18. The smallest absolute Gasteiger partial charge is 0.305 e. The second kappa shape index (κ2) is 78.5. The molecule has 0 radical (unpaired) electrons. The number of esters is 1. The molecule has 0 bridgehead atoms. The summed E-state index contributed by atoms with van der Waals surface area (Å²) < 4.78 is 5.51. The van der Waals surface area contributed by atoms with Gasteiger partial charge in [-0.2, -0.15) is 0 Å². The SMILES string of the molecule is CCCCCCCCCCCCCCCCCC/C=C/C(O)C(CO)NC(=O)CCCCCCCCCCCCCCCCCCC/C=C\C/C=C\CCCCCCCCCCCCCCCCCOC(=O)CCCCCCCCCCCCCCCCC. The van der Waals surface area contributed by atoms with E-state index in [0.717, 1.165) is 44.9 Å². The Kier molecular flexibility index (Phi) is 76.8. The summed E-state index contributed by atoms with van der Waals surface area (Å²) in [5.74, 6) is -0.0372. The van der Waals surface area contributed by atoms with Crippen molar-refractivity contribution in [1.29, 1.82) is 0 Å². The Bertz CT molecular complexity index is 1440. The number of hydrogen-bond acceptors (Lipinski definition) is 5. The summed E-state index contributed by atoms with van der Waals surface area (Å²) in [5, 5.41) is 23.2. The summed E-state index contributed by atoms with van der Waals surface area (Å²) in [6.45, 7) is 4.96. The van der Waals surface area contributed by atoms with Crippen molar-refractivity contribution in [1.82, 2.24) is 5.32 Å². The first-order valence-corrected chi connectivity index (χ1v) is 40.8. The Morgan fingerprint density at radius 1 is 0.315 bits per heavy atom. The molecule has 6 nitrogen and oxygen atoms in total. The lowest BCUT2D eigenvalue weighted by Gasteiger charge is -2.20. The Morgan fingerprint density at radius 3 is 0.854 bits per heavy atom. The first-order chi connectivity index (χ1) is 44.0. The van der Waals surface area contributed by atoms with E-state index in [9.17, 15) is 19.8 Å². The summed E-state index contributed by atoms with van der Waals surface area (Å²) >= 11 is 0. The molecule has 0 aliphatic rings. The molecule has 0 fully saturated rings. The van der Waals surface area contributed by atoms with Crippen LogP contribution < -0.4 is 5.32 Å². The second-order valence-corrected chi connectivity index (χ2v) is 28.1. The van der Waals surface area contributed by atoms with Crippen molar-refractivity contribution in [2.45, 2.75) is 469 Å². The van der Waals surface area contributed by atoms with Crippen LogP contribution in [0.15, 0.2) is 36.5 Å². The second-order valence-electron chi connectivity index (χ2n) is 28.1. The third-order valence-electron chi connectivity index (χ3n) is 19.2. The number of hydrogen-bond donors (Lipinski definition) is 3. The van der Waals surface area contributed by atoms with E-state index in [-0.39, 0.29) is 18.5 Å². The van der Waals surface area contributed by atoms with Crippen LogP contribution in [0, 0.1) is 0 Å². The summed E-state index contributed by atoms with van der Waals surface area (Å²) in [5.41, 5.74) is 0. The fraction of sp³-hybridized carbons (Fsp3) is 0.904. The quantitative estimate of drug-likeness (QED) is 0.0320. The minimum Gasteiger partial charge on any atom is -0.466 e. The molecule has 0 aromatic rings. The Labute approximate surface area is 557 Å². The minimum atomic E-state index is -0.843. The van der Waals surface area contributed by atoms with Gasteiger partial charge in [0.1, 0.15) is 0 Å². The highest BCUT2D eigenvalue weighted by molar-refractivity contribution is 5.76. The number of ether oxygens (including phenoxy) is 1. The van der Waals surface area contributed by atoms with Gasteiger partial charge in [0, 0.05) is 12.8 Å². The third kappa shape index (κ3) is 75.0. The van der Waals surface area contributed by atoms with E-state index in [4.69, 9.17) is 4.74 Å². The third-order valence-corrected chi connectivity index (χ3v) is 19.2. The number of aliphatic hydroxyl groups excluding tert-OH is 2. The molecule has 526 valence electrons. The molecule has 6 heteroatoms. The molecule has 1 amide bonds. The summed E-state index contributed by atoms with van der Waals surface area (Å²) in [4.78, 5) is 24.6. The van der Waals surface area contributed by atoms with Gasteiger partial charge < -0.3 is 20.3 Å². The van der Waals surface area contributed by atoms with Crippen LogP contribution in [-0.2, 0) is 14.3 Å². The van der Waals surface area contributed by atoms with Crippen molar-refractivity contribution in [3.63, 3.8) is 0 Å². The normalized spacial score (nSPS) is 12.6. The zero-order valence-corrected chi connectivity index (χ0v) is 60.4. The van der Waals surface area contributed by atoms with Crippen LogP contribution in [0.25, 0.3) is 0 Å².